The van der Waals surface area contributed by atoms with E-state index in [2.05, 4.69) is 256 Å². The SMILES string of the molecule is c1ccc(-c2ccc3c(c2)c2cc(-c4ccccc4)ccc2n3-c2ccccc2-c2nc(-c3ccccc3-n3c4ccccc4c4ccccc43)nc(-n3c4ccccc4c4ccccc43)n2)cc1. The molecular weight excluding hydrogens is 841 g/mol. The fourth-order valence-electron chi connectivity index (χ4n) is 10.6. The summed E-state index contributed by atoms with van der Waals surface area (Å²) in [5.41, 5.74) is 14.9. The summed E-state index contributed by atoms with van der Waals surface area (Å²) in [7, 11) is 0. The molecule has 0 unspecified atom stereocenters. The number of aromatic nitrogens is 6. The summed E-state index contributed by atoms with van der Waals surface area (Å²) in [4.78, 5) is 16.6. The van der Waals surface area contributed by atoms with Crippen LogP contribution in [-0.4, -0.2) is 28.7 Å². The minimum atomic E-state index is 0.543. The predicted molar refractivity (Wildman–Crippen MR) is 285 cm³/mol. The van der Waals surface area contributed by atoms with E-state index in [0.717, 1.165) is 66.4 Å². The van der Waals surface area contributed by atoms with Gasteiger partial charge in [-0.2, -0.15) is 9.97 Å². The summed E-state index contributed by atoms with van der Waals surface area (Å²) in [5, 5.41) is 6.99. The summed E-state index contributed by atoms with van der Waals surface area (Å²) in [5.74, 6) is 1.69. The fourth-order valence-corrected chi connectivity index (χ4v) is 10.6. The number of hydrogen-bond acceptors (Lipinski definition) is 3. The van der Waals surface area contributed by atoms with Gasteiger partial charge in [0.25, 0.3) is 0 Å². The van der Waals surface area contributed by atoms with Crippen LogP contribution >= 0.6 is 0 Å². The van der Waals surface area contributed by atoms with Crippen molar-refractivity contribution in [3.63, 3.8) is 0 Å². The van der Waals surface area contributed by atoms with Crippen LogP contribution in [0.4, 0.5) is 0 Å². The smallest absolute Gasteiger partial charge is 0.238 e. The van der Waals surface area contributed by atoms with Crippen molar-refractivity contribution >= 4 is 65.4 Å². The van der Waals surface area contributed by atoms with Crippen molar-refractivity contribution in [3.05, 3.63) is 243 Å². The molecule has 0 aliphatic carbocycles. The van der Waals surface area contributed by atoms with Crippen LogP contribution in [0.3, 0.4) is 0 Å². The molecule has 0 aliphatic rings. The van der Waals surface area contributed by atoms with Crippen LogP contribution in [0.2, 0.25) is 0 Å². The van der Waals surface area contributed by atoms with Gasteiger partial charge in [-0.05, 0) is 95.1 Å². The Morgan fingerprint density at radius 2 is 0.565 bits per heavy atom. The maximum absolute atomic E-state index is 5.55. The van der Waals surface area contributed by atoms with Gasteiger partial charge < -0.3 is 9.13 Å². The van der Waals surface area contributed by atoms with E-state index in [-0.39, 0.29) is 0 Å². The highest BCUT2D eigenvalue weighted by atomic mass is 15.2. The van der Waals surface area contributed by atoms with E-state index < -0.39 is 0 Å². The number of benzene rings is 10. The maximum Gasteiger partial charge on any atom is 0.238 e. The quantitative estimate of drug-likeness (QED) is 0.160. The van der Waals surface area contributed by atoms with Crippen LogP contribution in [0, 0.1) is 0 Å². The number of para-hydroxylation sites is 6. The second-order valence-electron chi connectivity index (χ2n) is 17.6. The molecule has 4 heterocycles. The van der Waals surface area contributed by atoms with Gasteiger partial charge in [-0.3, -0.25) is 4.57 Å². The summed E-state index contributed by atoms with van der Waals surface area (Å²) < 4.78 is 6.93. The summed E-state index contributed by atoms with van der Waals surface area (Å²) in [6.45, 7) is 0. The summed E-state index contributed by atoms with van der Waals surface area (Å²) in [6.07, 6.45) is 0. The van der Waals surface area contributed by atoms with Crippen LogP contribution in [0.15, 0.2) is 243 Å². The Morgan fingerprint density at radius 1 is 0.232 bits per heavy atom. The molecular formula is C63H40N6. The van der Waals surface area contributed by atoms with E-state index in [1.165, 1.54) is 43.8 Å². The van der Waals surface area contributed by atoms with E-state index in [0.29, 0.717) is 17.6 Å². The van der Waals surface area contributed by atoms with Crippen LogP contribution < -0.4 is 0 Å². The molecule has 69 heavy (non-hydrogen) atoms. The van der Waals surface area contributed by atoms with Crippen LogP contribution in [-0.2, 0) is 0 Å². The Morgan fingerprint density at radius 3 is 0.986 bits per heavy atom. The van der Waals surface area contributed by atoms with Crippen molar-refractivity contribution in [2.45, 2.75) is 0 Å². The molecule has 0 N–H and O–H groups in total. The van der Waals surface area contributed by atoms with Gasteiger partial charge in [0.2, 0.25) is 5.95 Å². The third kappa shape index (κ3) is 6.16. The molecule has 0 saturated heterocycles. The van der Waals surface area contributed by atoms with Crippen LogP contribution in [0.25, 0.3) is 128 Å². The highest BCUT2D eigenvalue weighted by molar-refractivity contribution is 6.13. The first-order valence-electron chi connectivity index (χ1n) is 23.4. The molecule has 14 rings (SSSR count). The van der Waals surface area contributed by atoms with Crippen molar-refractivity contribution in [3.8, 4) is 62.4 Å². The Balaban J connectivity index is 1.05. The average Bonchev–Trinajstić information content (AvgIpc) is 4.06. The predicted octanol–water partition coefficient (Wildman–Crippen LogP) is 15.8. The Labute approximate surface area is 397 Å². The maximum atomic E-state index is 5.55. The molecule has 0 fully saturated rings. The minimum Gasteiger partial charge on any atom is -0.309 e. The lowest BCUT2D eigenvalue weighted by atomic mass is 10.0. The third-order valence-corrected chi connectivity index (χ3v) is 13.7. The molecule has 10 aromatic carbocycles. The minimum absolute atomic E-state index is 0.543. The molecule has 0 radical (unpaired) electrons. The fraction of sp³-hybridized carbons (Fsp3) is 0. The van der Waals surface area contributed by atoms with Gasteiger partial charge in [0.05, 0.1) is 44.5 Å². The molecule has 14 aromatic rings. The van der Waals surface area contributed by atoms with Crippen LogP contribution in [0.5, 0.6) is 0 Å². The summed E-state index contributed by atoms with van der Waals surface area (Å²) in [6, 6.07) is 86.3. The van der Waals surface area contributed by atoms with Crippen molar-refractivity contribution < 1.29 is 0 Å². The van der Waals surface area contributed by atoms with Crippen molar-refractivity contribution in [1.82, 2.24) is 28.7 Å². The number of fused-ring (bicyclic) bond motifs is 9. The van der Waals surface area contributed by atoms with Gasteiger partial charge in [-0.15, -0.1) is 0 Å². The highest BCUT2D eigenvalue weighted by Crippen LogP contribution is 2.41. The topological polar surface area (TPSA) is 53.5 Å². The Hall–Kier alpha value is -9.39. The van der Waals surface area contributed by atoms with Gasteiger partial charge >= 0.3 is 0 Å². The number of rotatable bonds is 7. The van der Waals surface area contributed by atoms with E-state index in [1.54, 1.807) is 0 Å². The number of hydrogen-bond donors (Lipinski definition) is 0. The third-order valence-electron chi connectivity index (χ3n) is 13.7. The van der Waals surface area contributed by atoms with Gasteiger partial charge in [-0.25, -0.2) is 4.98 Å². The highest BCUT2D eigenvalue weighted by Gasteiger charge is 2.24. The van der Waals surface area contributed by atoms with E-state index in [1.807, 2.05) is 0 Å². The summed E-state index contributed by atoms with van der Waals surface area (Å²) >= 11 is 0. The Kier molecular flexibility index (Phi) is 8.79. The molecule has 6 heteroatoms. The molecule has 4 aromatic heterocycles. The largest absolute Gasteiger partial charge is 0.309 e. The van der Waals surface area contributed by atoms with E-state index in [4.69, 9.17) is 15.0 Å². The van der Waals surface area contributed by atoms with Crippen molar-refractivity contribution in [2.24, 2.45) is 0 Å². The molecule has 0 spiro atoms. The molecule has 0 saturated carbocycles. The van der Waals surface area contributed by atoms with Gasteiger partial charge in [-0.1, -0.05) is 170 Å². The monoisotopic (exact) mass is 880 g/mol. The lowest BCUT2D eigenvalue weighted by Gasteiger charge is -2.17. The number of nitrogens with zero attached hydrogens (tertiary/aromatic N) is 6. The zero-order chi connectivity index (χ0) is 45.4. The second kappa shape index (κ2) is 15.6. The molecule has 0 atom stereocenters. The average molecular weight is 881 g/mol. The lowest BCUT2D eigenvalue weighted by Crippen LogP contribution is -2.09. The molecule has 322 valence electrons. The normalized spacial score (nSPS) is 11.8. The zero-order valence-corrected chi connectivity index (χ0v) is 37.3. The van der Waals surface area contributed by atoms with Crippen LogP contribution in [0.1, 0.15) is 0 Å². The lowest BCUT2D eigenvalue weighted by molar-refractivity contribution is 0.950. The molecule has 6 nitrogen and oxygen atoms in total. The first-order chi connectivity index (χ1) is 34.2. The molecule has 0 amide bonds. The van der Waals surface area contributed by atoms with Gasteiger partial charge in [0, 0.05) is 43.4 Å². The first-order valence-corrected chi connectivity index (χ1v) is 23.4. The first kappa shape index (κ1) is 38.8. The van der Waals surface area contributed by atoms with E-state index >= 15 is 0 Å². The Bertz CT molecular complexity index is 4110. The van der Waals surface area contributed by atoms with Gasteiger partial charge in [0.15, 0.2) is 11.6 Å². The zero-order valence-electron chi connectivity index (χ0n) is 37.3. The molecule has 0 aliphatic heterocycles. The van der Waals surface area contributed by atoms with Crippen molar-refractivity contribution in [1.29, 1.82) is 0 Å². The van der Waals surface area contributed by atoms with E-state index in [9.17, 15) is 0 Å². The standard InChI is InChI=1S/C63H40N6/c1-3-19-41(20-4-1)43-35-37-59-51(39-43)52-40-44(42-21-5-2-6-22-42)36-38-60(52)68(59)58-34-18-12-28-50(58)62-64-61(65-63(66-62)69-55-31-15-9-25-47(55)48-26-10-16-32-56(48)69)49-27-11-17-33-57(49)67-53-29-13-7-23-45(53)46-24-8-14-30-54(46)67/h1-40H. The van der Waals surface area contributed by atoms with Crippen molar-refractivity contribution in [2.75, 3.05) is 0 Å². The second-order valence-corrected chi connectivity index (χ2v) is 17.6. The van der Waals surface area contributed by atoms with Gasteiger partial charge in [0.1, 0.15) is 0 Å². The molecule has 0 bridgehead atoms.